The van der Waals surface area contributed by atoms with E-state index in [1.54, 1.807) is 4.90 Å². The molecule has 0 aromatic heterocycles. The van der Waals surface area contributed by atoms with Gasteiger partial charge in [-0.3, -0.25) is 4.90 Å². The van der Waals surface area contributed by atoms with Crippen molar-refractivity contribution in [3.8, 4) is 0 Å². The molecule has 1 heterocycles. The van der Waals surface area contributed by atoms with Crippen molar-refractivity contribution in [3.05, 3.63) is 23.8 Å². The summed E-state index contributed by atoms with van der Waals surface area (Å²) in [7, 11) is 1.83. The summed E-state index contributed by atoms with van der Waals surface area (Å²) in [6.45, 7) is 3.60. The maximum atomic E-state index is 12.0. The summed E-state index contributed by atoms with van der Waals surface area (Å²) in [4.78, 5) is 15.6. The SMILES string of the molecule is Cc1cc(N)ccc1N1CCCN(C)C1=O. The van der Waals surface area contributed by atoms with E-state index in [-0.39, 0.29) is 6.03 Å². The van der Waals surface area contributed by atoms with E-state index in [9.17, 15) is 4.79 Å². The number of hydrogen-bond donors (Lipinski definition) is 1. The number of carbonyl (C=O) groups is 1. The molecule has 86 valence electrons. The van der Waals surface area contributed by atoms with Crippen molar-refractivity contribution in [2.45, 2.75) is 13.3 Å². The van der Waals surface area contributed by atoms with Gasteiger partial charge in [0.05, 0.1) is 0 Å². The molecule has 2 amide bonds. The maximum absolute atomic E-state index is 12.0. The largest absolute Gasteiger partial charge is 0.399 e. The zero-order valence-corrected chi connectivity index (χ0v) is 9.73. The molecule has 2 N–H and O–H groups in total. The predicted molar refractivity (Wildman–Crippen MR) is 65.6 cm³/mol. The Hall–Kier alpha value is -1.71. The summed E-state index contributed by atoms with van der Waals surface area (Å²) in [5, 5.41) is 0. The van der Waals surface area contributed by atoms with Crippen LogP contribution >= 0.6 is 0 Å². The molecule has 4 nitrogen and oxygen atoms in total. The van der Waals surface area contributed by atoms with Crippen LogP contribution in [-0.2, 0) is 0 Å². The third-order valence-electron chi connectivity index (χ3n) is 2.94. The van der Waals surface area contributed by atoms with Crippen LogP contribution in [0, 0.1) is 6.92 Å². The fourth-order valence-corrected chi connectivity index (χ4v) is 2.07. The molecular formula is C12H17N3O. The van der Waals surface area contributed by atoms with Crippen LogP contribution in [0.4, 0.5) is 16.2 Å². The number of amides is 2. The van der Waals surface area contributed by atoms with E-state index in [1.165, 1.54) is 0 Å². The zero-order valence-electron chi connectivity index (χ0n) is 9.73. The molecule has 1 aromatic rings. The van der Waals surface area contributed by atoms with Gasteiger partial charge in [0.25, 0.3) is 0 Å². The Morgan fingerprint density at radius 2 is 2.06 bits per heavy atom. The topological polar surface area (TPSA) is 49.6 Å². The van der Waals surface area contributed by atoms with Crippen molar-refractivity contribution in [2.75, 3.05) is 30.8 Å². The third-order valence-corrected chi connectivity index (χ3v) is 2.94. The fraction of sp³-hybridized carbons (Fsp3) is 0.417. The molecule has 0 spiro atoms. The van der Waals surface area contributed by atoms with Crippen LogP contribution < -0.4 is 10.6 Å². The van der Waals surface area contributed by atoms with E-state index >= 15 is 0 Å². The Kier molecular flexibility index (Phi) is 2.73. The minimum absolute atomic E-state index is 0.0686. The van der Waals surface area contributed by atoms with Crippen molar-refractivity contribution in [1.82, 2.24) is 4.90 Å². The summed E-state index contributed by atoms with van der Waals surface area (Å²) in [5.74, 6) is 0. The van der Waals surface area contributed by atoms with Gasteiger partial charge in [-0.1, -0.05) is 0 Å². The zero-order chi connectivity index (χ0) is 11.7. The minimum atomic E-state index is 0.0686. The van der Waals surface area contributed by atoms with E-state index < -0.39 is 0 Å². The number of rotatable bonds is 1. The van der Waals surface area contributed by atoms with Gasteiger partial charge in [0.15, 0.2) is 0 Å². The number of nitrogen functional groups attached to an aromatic ring is 1. The number of nitrogens with zero attached hydrogens (tertiary/aromatic N) is 2. The van der Waals surface area contributed by atoms with Gasteiger partial charge in [0.2, 0.25) is 0 Å². The van der Waals surface area contributed by atoms with E-state index in [0.717, 1.165) is 36.4 Å². The molecule has 1 aliphatic heterocycles. The number of aryl methyl sites for hydroxylation is 1. The molecule has 0 aliphatic carbocycles. The second-order valence-corrected chi connectivity index (χ2v) is 4.26. The highest BCUT2D eigenvalue weighted by atomic mass is 16.2. The summed E-state index contributed by atoms with van der Waals surface area (Å²) in [5.41, 5.74) is 8.45. The van der Waals surface area contributed by atoms with Gasteiger partial charge in [-0.25, -0.2) is 4.79 Å². The molecular weight excluding hydrogens is 202 g/mol. The lowest BCUT2D eigenvalue weighted by Gasteiger charge is -2.34. The lowest BCUT2D eigenvalue weighted by molar-refractivity contribution is 0.207. The average Bonchev–Trinajstić information content (AvgIpc) is 2.23. The van der Waals surface area contributed by atoms with Crippen molar-refractivity contribution >= 4 is 17.4 Å². The quantitative estimate of drug-likeness (QED) is 0.733. The maximum Gasteiger partial charge on any atom is 0.324 e. The summed E-state index contributed by atoms with van der Waals surface area (Å²) in [6, 6.07) is 5.72. The van der Waals surface area contributed by atoms with Crippen molar-refractivity contribution in [3.63, 3.8) is 0 Å². The molecule has 1 aromatic carbocycles. The summed E-state index contributed by atoms with van der Waals surface area (Å²) >= 11 is 0. The first-order valence-corrected chi connectivity index (χ1v) is 5.48. The first kappa shape index (κ1) is 10.8. The van der Waals surface area contributed by atoms with Crippen LogP contribution in [0.1, 0.15) is 12.0 Å². The first-order chi connectivity index (χ1) is 7.59. The van der Waals surface area contributed by atoms with Crippen LogP contribution in [0.25, 0.3) is 0 Å². The number of anilines is 2. The molecule has 16 heavy (non-hydrogen) atoms. The van der Waals surface area contributed by atoms with E-state index in [4.69, 9.17) is 5.73 Å². The average molecular weight is 219 g/mol. The van der Waals surface area contributed by atoms with Gasteiger partial charge in [-0.2, -0.15) is 0 Å². The highest BCUT2D eigenvalue weighted by molar-refractivity contribution is 5.93. The molecule has 0 radical (unpaired) electrons. The Balaban J connectivity index is 2.32. The third kappa shape index (κ3) is 1.83. The number of carbonyl (C=O) groups excluding carboxylic acids is 1. The fourth-order valence-electron chi connectivity index (χ4n) is 2.07. The van der Waals surface area contributed by atoms with E-state index in [2.05, 4.69) is 0 Å². The number of urea groups is 1. The van der Waals surface area contributed by atoms with E-state index in [0.29, 0.717) is 0 Å². The van der Waals surface area contributed by atoms with Crippen LogP contribution in [0.5, 0.6) is 0 Å². The Labute approximate surface area is 95.6 Å². The molecule has 1 aliphatic rings. The van der Waals surface area contributed by atoms with Crippen LogP contribution in [-0.4, -0.2) is 31.1 Å². The van der Waals surface area contributed by atoms with Crippen molar-refractivity contribution in [1.29, 1.82) is 0 Å². The second kappa shape index (κ2) is 4.04. The molecule has 2 rings (SSSR count). The minimum Gasteiger partial charge on any atom is -0.399 e. The van der Waals surface area contributed by atoms with Crippen LogP contribution in [0.15, 0.2) is 18.2 Å². The summed E-state index contributed by atoms with van der Waals surface area (Å²) in [6.07, 6.45) is 1.01. The standard InChI is InChI=1S/C12H17N3O/c1-9-8-10(13)4-5-11(9)15-7-3-6-14(2)12(15)16/h4-5,8H,3,6-7,13H2,1-2H3. The number of hydrogen-bond acceptors (Lipinski definition) is 2. The summed E-state index contributed by atoms with van der Waals surface area (Å²) < 4.78 is 0. The van der Waals surface area contributed by atoms with Gasteiger partial charge >= 0.3 is 6.03 Å². The molecule has 0 atom stereocenters. The van der Waals surface area contributed by atoms with Crippen molar-refractivity contribution in [2.24, 2.45) is 0 Å². The lowest BCUT2D eigenvalue weighted by atomic mass is 10.1. The van der Waals surface area contributed by atoms with Gasteiger partial charge in [-0.15, -0.1) is 0 Å². The van der Waals surface area contributed by atoms with Gasteiger partial charge in [0, 0.05) is 31.5 Å². The number of nitrogens with two attached hydrogens (primary N) is 1. The predicted octanol–water partition coefficient (Wildman–Crippen LogP) is 1.84. The van der Waals surface area contributed by atoms with Gasteiger partial charge in [0.1, 0.15) is 0 Å². The molecule has 1 saturated heterocycles. The first-order valence-electron chi connectivity index (χ1n) is 5.48. The highest BCUT2D eigenvalue weighted by Gasteiger charge is 2.24. The van der Waals surface area contributed by atoms with Gasteiger partial charge in [-0.05, 0) is 37.1 Å². The second-order valence-electron chi connectivity index (χ2n) is 4.26. The molecule has 0 bridgehead atoms. The van der Waals surface area contributed by atoms with E-state index in [1.807, 2.05) is 37.1 Å². The molecule has 0 unspecified atom stereocenters. The lowest BCUT2D eigenvalue weighted by Crippen LogP contribution is -2.47. The Morgan fingerprint density at radius 1 is 1.31 bits per heavy atom. The van der Waals surface area contributed by atoms with Crippen molar-refractivity contribution < 1.29 is 4.79 Å². The Bertz CT molecular complexity index is 417. The number of benzene rings is 1. The molecule has 1 fully saturated rings. The molecule has 4 heteroatoms. The highest BCUT2D eigenvalue weighted by Crippen LogP contribution is 2.25. The Morgan fingerprint density at radius 3 is 2.75 bits per heavy atom. The van der Waals surface area contributed by atoms with Gasteiger partial charge < -0.3 is 10.6 Å². The van der Waals surface area contributed by atoms with Crippen LogP contribution in [0.2, 0.25) is 0 Å². The monoisotopic (exact) mass is 219 g/mol. The van der Waals surface area contributed by atoms with Crippen LogP contribution in [0.3, 0.4) is 0 Å². The smallest absolute Gasteiger partial charge is 0.324 e. The normalized spacial score (nSPS) is 16.8. The molecule has 0 saturated carbocycles.